The SMILES string of the molecule is CC1C(CCOCCCOc2ccccc2)C1c1cncc(OCC2CCN2)c1. The van der Waals surface area contributed by atoms with Gasteiger partial charge in [-0.1, -0.05) is 25.1 Å². The zero-order valence-electron chi connectivity index (χ0n) is 17.3. The fraction of sp³-hybridized carbons (Fsp3) is 0.542. The van der Waals surface area contributed by atoms with Crippen molar-refractivity contribution in [2.45, 2.75) is 38.1 Å². The largest absolute Gasteiger partial charge is 0.494 e. The number of nitrogens with one attached hydrogen (secondary N) is 1. The first-order valence-electron chi connectivity index (χ1n) is 10.9. The molecule has 156 valence electrons. The van der Waals surface area contributed by atoms with Gasteiger partial charge in [0.25, 0.3) is 0 Å². The van der Waals surface area contributed by atoms with Crippen molar-refractivity contribution in [2.75, 3.05) is 33.0 Å². The molecule has 29 heavy (non-hydrogen) atoms. The van der Waals surface area contributed by atoms with Gasteiger partial charge in [-0.15, -0.1) is 0 Å². The summed E-state index contributed by atoms with van der Waals surface area (Å²) in [5.41, 5.74) is 1.30. The minimum absolute atomic E-state index is 0.501. The van der Waals surface area contributed by atoms with Crippen molar-refractivity contribution in [1.82, 2.24) is 10.3 Å². The average Bonchev–Trinajstić information content (AvgIpc) is 3.36. The molecule has 2 aromatic rings. The van der Waals surface area contributed by atoms with Crippen LogP contribution in [-0.4, -0.2) is 44.0 Å². The van der Waals surface area contributed by atoms with Crippen LogP contribution in [-0.2, 0) is 4.74 Å². The Morgan fingerprint density at radius 1 is 1.03 bits per heavy atom. The second kappa shape index (κ2) is 10.1. The van der Waals surface area contributed by atoms with Crippen molar-refractivity contribution in [3.05, 3.63) is 54.4 Å². The molecule has 1 aromatic carbocycles. The molecule has 4 rings (SSSR count). The Bertz CT molecular complexity index is 751. The van der Waals surface area contributed by atoms with Crippen molar-refractivity contribution < 1.29 is 14.2 Å². The summed E-state index contributed by atoms with van der Waals surface area (Å²) < 4.78 is 17.4. The van der Waals surface area contributed by atoms with E-state index in [1.807, 2.05) is 42.7 Å². The maximum absolute atomic E-state index is 5.91. The highest BCUT2D eigenvalue weighted by Gasteiger charge is 2.47. The summed E-state index contributed by atoms with van der Waals surface area (Å²) in [5.74, 6) is 3.76. The van der Waals surface area contributed by atoms with Crippen molar-refractivity contribution in [1.29, 1.82) is 0 Å². The van der Waals surface area contributed by atoms with Gasteiger partial charge in [0.05, 0.1) is 12.8 Å². The van der Waals surface area contributed by atoms with Crippen LogP contribution in [0, 0.1) is 11.8 Å². The number of hydrogen-bond donors (Lipinski definition) is 1. The number of ether oxygens (including phenoxy) is 3. The third-order valence-electron chi connectivity index (χ3n) is 6.10. The fourth-order valence-corrected chi connectivity index (χ4v) is 4.11. The van der Waals surface area contributed by atoms with Crippen LogP contribution < -0.4 is 14.8 Å². The van der Waals surface area contributed by atoms with Gasteiger partial charge in [0.1, 0.15) is 18.1 Å². The molecule has 1 saturated carbocycles. The molecule has 2 aliphatic rings. The molecule has 0 radical (unpaired) electrons. The minimum Gasteiger partial charge on any atom is -0.494 e. The number of benzene rings is 1. The van der Waals surface area contributed by atoms with E-state index in [4.69, 9.17) is 14.2 Å². The van der Waals surface area contributed by atoms with Crippen LogP contribution in [0.1, 0.15) is 37.7 Å². The van der Waals surface area contributed by atoms with Crippen molar-refractivity contribution >= 4 is 0 Å². The summed E-state index contributed by atoms with van der Waals surface area (Å²) in [4.78, 5) is 4.40. The van der Waals surface area contributed by atoms with Crippen LogP contribution in [0.5, 0.6) is 11.5 Å². The summed E-state index contributed by atoms with van der Waals surface area (Å²) in [6.07, 6.45) is 7.04. The Hall–Kier alpha value is -2.11. The summed E-state index contributed by atoms with van der Waals surface area (Å²) in [7, 11) is 0. The molecule has 4 unspecified atom stereocenters. The van der Waals surface area contributed by atoms with Crippen LogP contribution in [0.4, 0.5) is 0 Å². The number of para-hydroxylation sites is 1. The lowest BCUT2D eigenvalue weighted by atomic mass is 10.1. The van der Waals surface area contributed by atoms with E-state index in [0.29, 0.717) is 30.4 Å². The Labute approximate surface area is 173 Å². The number of aromatic nitrogens is 1. The van der Waals surface area contributed by atoms with Crippen LogP contribution in [0.25, 0.3) is 0 Å². The molecule has 1 aliphatic heterocycles. The van der Waals surface area contributed by atoms with E-state index in [-0.39, 0.29) is 0 Å². The lowest BCUT2D eigenvalue weighted by Crippen LogP contribution is -2.46. The first kappa shape index (κ1) is 20.2. The molecule has 0 bridgehead atoms. The summed E-state index contributed by atoms with van der Waals surface area (Å²) in [5, 5.41) is 3.36. The normalized spacial score (nSPS) is 25.3. The van der Waals surface area contributed by atoms with Crippen LogP contribution in [0.15, 0.2) is 48.8 Å². The zero-order valence-corrected chi connectivity index (χ0v) is 17.3. The second-order valence-corrected chi connectivity index (χ2v) is 8.17. The van der Waals surface area contributed by atoms with Gasteiger partial charge in [0, 0.05) is 31.9 Å². The van der Waals surface area contributed by atoms with Crippen molar-refractivity contribution in [3.63, 3.8) is 0 Å². The van der Waals surface area contributed by atoms with Crippen LogP contribution in [0.3, 0.4) is 0 Å². The predicted octanol–water partition coefficient (Wildman–Crippen LogP) is 4.05. The van der Waals surface area contributed by atoms with Crippen LogP contribution >= 0.6 is 0 Å². The van der Waals surface area contributed by atoms with Gasteiger partial charge in [0.15, 0.2) is 0 Å². The quantitative estimate of drug-likeness (QED) is 0.549. The van der Waals surface area contributed by atoms with Gasteiger partial charge in [-0.3, -0.25) is 4.98 Å². The molecule has 5 nitrogen and oxygen atoms in total. The highest BCUT2D eigenvalue weighted by molar-refractivity contribution is 5.31. The molecular formula is C24H32N2O3. The number of nitrogens with zero attached hydrogens (tertiary/aromatic N) is 1. The fourth-order valence-electron chi connectivity index (χ4n) is 4.11. The number of hydrogen-bond acceptors (Lipinski definition) is 5. The third kappa shape index (κ3) is 5.71. The highest BCUT2D eigenvalue weighted by Crippen LogP contribution is 2.55. The molecular weight excluding hydrogens is 364 g/mol. The van der Waals surface area contributed by atoms with E-state index in [1.54, 1.807) is 0 Å². The van der Waals surface area contributed by atoms with E-state index >= 15 is 0 Å². The van der Waals surface area contributed by atoms with Crippen molar-refractivity contribution in [2.24, 2.45) is 11.8 Å². The molecule has 4 atom stereocenters. The lowest BCUT2D eigenvalue weighted by Gasteiger charge is -2.27. The van der Waals surface area contributed by atoms with E-state index in [9.17, 15) is 0 Å². The van der Waals surface area contributed by atoms with E-state index in [0.717, 1.165) is 50.7 Å². The lowest BCUT2D eigenvalue weighted by molar-refractivity contribution is 0.113. The average molecular weight is 397 g/mol. The third-order valence-corrected chi connectivity index (χ3v) is 6.10. The van der Waals surface area contributed by atoms with Crippen molar-refractivity contribution in [3.8, 4) is 11.5 Å². The Morgan fingerprint density at radius 3 is 2.69 bits per heavy atom. The summed E-state index contributed by atoms with van der Waals surface area (Å²) in [6, 6.07) is 12.6. The first-order valence-corrected chi connectivity index (χ1v) is 10.9. The smallest absolute Gasteiger partial charge is 0.137 e. The van der Waals surface area contributed by atoms with E-state index in [1.165, 1.54) is 12.0 Å². The molecule has 2 heterocycles. The molecule has 0 amide bonds. The van der Waals surface area contributed by atoms with Gasteiger partial charge in [-0.25, -0.2) is 0 Å². The number of pyridine rings is 1. The summed E-state index contributed by atoms with van der Waals surface area (Å²) in [6.45, 7) is 6.43. The van der Waals surface area contributed by atoms with E-state index in [2.05, 4.69) is 23.3 Å². The molecule has 1 saturated heterocycles. The number of rotatable bonds is 12. The van der Waals surface area contributed by atoms with E-state index < -0.39 is 0 Å². The predicted molar refractivity (Wildman–Crippen MR) is 114 cm³/mol. The van der Waals surface area contributed by atoms with Gasteiger partial charge >= 0.3 is 0 Å². The summed E-state index contributed by atoms with van der Waals surface area (Å²) >= 11 is 0. The first-order chi connectivity index (χ1) is 14.3. The maximum Gasteiger partial charge on any atom is 0.137 e. The molecule has 2 fully saturated rings. The molecule has 5 heteroatoms. The van der Waals surface area contributed by atoms with Gasteiger partial charge < -0.3 is 19.5 Å². The topological polar surface area (TPSA) is 52.6 Å². The van der Waals surface area contributed by atoms with Gasteiger partial charge in [0.2, 0.25) is 0 Å². The Kier molecular flexibility index (Phi) is 7.01. The molecule has 1 aliphatic carbocycles. The maximum atomic E-state index is 5.91. The Morgan fingerprint density at radius 2 is 1.90 bits per heavy atom. The second-order valence-electron chi connectivity index (χ2n) is 8.17. The van der Waals surface area contributed by atoms with Gasteiger partial charge in [-0.05, 0) is 60.9 Å². The molecule has 1 N–H and O–H groups in total. The zero-order chi connectivity index (χ0) is 19.9. The standard InChI is InChI=1S/C24H32N2O3/c1-18-23(9-13-27-11-5-12-28-21-6-3-2-4-7-21)24(18)19-14-22(16-25-15-19)29-17-20-8-10-26-20/h2-4,6-7,14-16,18,20,23-24,26H,5,8-13,17H2,1H3. The minimum atomic E-state index is 0.501. The molecule has 0 spiro atoms. The molecule has 1 aromatic heterocycles. The monoisotopic (exact) mass is 396 g/mol. The highest BCUT2D eigenvalue weighted by atomic mass is 16.5. The Balaban J connectivity index is 1.11. The van der Waals surface area contributed by atoms with Crippen LogP contribution in [0.2, 0.25) is 0 Å². The van der Waals surface area contributed by atoms with Gasteiger partial charge in [-0.2, -0.15) is 0 Å².